The average molecular weight is 251 g/mol. The molecular formula is C11H17N5S. The van der Waals surface area contributed by atoms with E-state index in [0.29, 0.717) is 0 Å². The number of hydrogen-bond donors (Lipinski definition) is 1. The summed E-state index contributed by atoms with van der Waals surface area (Å²) in [6.07, 6.45) is 5.81. The third-order valence-electron chi connectivity index (χ3n) is 2.52. The van der Waals surface area contributed by atoms with E-state index >= 15 is 0 Å². The van der Waals surface area contributed by atoms with E-state index < -0.39 is 0 Å². The Morgan fingerprint density at radius 3 is 3.00 bits per heavy atom. The van der Waals surface area contributed by atoms with Crippen LogP contribution in [0.25, 0.3) is 0 Å². The van der Waals surface area contributed by atoms with Crippen LogP contribution in [0, 0.1) is 6.92 Å². The fourth-order valence-electron chi connectivity index (χ4n) is 1.66. The zero-order valence-corrected chi connectivity index (χ0v) is 10.9. The third-order valence-corrected chi connectivity index (χ3v) is 3.42. The first-order valence-electron chi connectivity index (χ1n) is 5.76. The Balaban J connectivity index is 2.03. The van der Waals surface area contributed by atoms with Crippen LogP contribution in [-0.4, -0.2) is 20.0 Å². The Hall–Kier alpha value is -1.27. The normalized spacial score (nSPS) is 12.9. The summed E-state index contributed by atoms with van der Waals surface area (Å²) in [4.78, 5) is 5.40. The Labute approximate surface area is 105 Å². The number of rotatable bonds is 5. The van der Waals surface area contributed by atoms with Gasteiger partial charge in [0.05, 0.1) is 29.5 Å². The van der Waals surface area contributed by atoms with E-state index in [1.54, 1.807) is 11.3 Å². The molecule has 5 nitrogen and oxygen atoms in total. The van der Waals surface area contributed by atoms with Gasteiger partial charge in [0.2, 0.25) is 0 Å². The highest BCUT2D eigenvalue weighted by Gasteiger charge is 2.10. The molecule has 0 saturated carbocycles. The maximum atomic E-state index is 5.99. The molecule has 0 radical (unpaired) electrons. The van der Waals surface area contributed by atoms with Crippen LogP contribution in [0.2, 0.25) is 0 Å². The fourth-order valence-corrected chi connectivity index (χ4v) is 2.44. The molecule has 2 rings (SSSR count). The molecule has 2 aromatic rings. The average Bonchev–Trinajstić information content (AvgIpc) is 2.89. The summed E-state index contributed by atoms with van der Waals surface area (Å²) in [7, 11) is 0. The maximum absolute atomic E-state index is 5.99. The number of hydrogen-bond acceptors (Lipinski definition) is 5. The molecule has 0 fully saturated rings. The van der Waals surface area contributed by atoms with Crippen LogP contribution in [0.15, 0.2) is 12.4 Å². The lowest BCUT2D eigenvalue weighted by Gasteiger charge is -2.04. The summed E-state index contributed by atoms with van der Waals surface area (Å²) >= 11 is 1.68. The van der Waals surface area contributed by atoms with Crippen molar-refractivity contribution >= 4 is 11.3 Å². The molecule has 2 N–H and O–H groups in total. The van der Waals surface area contributed by atoms with Crippen molar-refractivity contribution in [3.63, 3.8) is 0 Å². The Morgan fingerprint density at radius 1 is 1.53 bits per heavy atom. The molecule has 1 atom stereocenters. The quantitative estimate of drug-likeness (QED) is 0.881. The number of aryl methyl sites for hydroxylation is 1. The molecule has 0 amide bonds. The van der Waals surface area contributed by atoms with E-state index in [4.69, 9.17) is 5.73 Å². The summed E-state index contributed by atoms with van der Waals surface area (Å²) in [6, 6.07) is -0.00283. The van der Waals surface area contributed by atoms with Crippen molar-refractivity contribution in [2.75, 3.05) is 0 Å². The highest BCUT2D eigenvalue weighted by Crippen LogP contribution is 2.15. The summed E-state index contributed by atoms with van der Waals surface area (Å²) in [5.74, 6) is 0. The van der Waals surface area contributed by atoms with Crippen LogP contribution in [0.5, 0.6) is 0 Å². The summed E-state index contributed by atoms with van der Waals surface area (Å²) in [5, 5.41) is 9.27. The summed E-state index contributed by atoms with van der Waals surface area (Å²) in [5.41, 5.74) is 6.86. The van der Waals surface area contributed by atoms with Crippen molar-refractivity contribution in [2.24, 2.45) is 5.73 Å². The molecule has 0 aromatic carbocycles. The number of thiazole rings is 1. The van der Waals surface area contributed by atoms with Gasteiger partial charge < -0.3 is 5.73 Å². The molecule has 0 saturated heterocycles. The molecule has 0 aliphatic rings. The molecule has 2 aromatic heterocycles. The van der Waals surface area contributed by atoms with Crippen LogP contribution in [-0.2, 0) is 6.54 Å². The predicted octanol–water partition coefficient (Wildman–Crippen LogP) is 1.89. The topological polar surface area (TPSA) is 69.6 Å². The van der Waals surface area contributed by atoms with Gasteiger partial charge in [0, 0.05) is 11.1 Å². The zero-order valence-electron chi connectivity index (χ0n) is 10.1. The second kappa shape index (κ2) is 5.37. The van der Waals surface area contributed by atoms with Gasteiger partial charge in [-0.25, -0.2) is 9.67 Å². The molecule has 0 aliphatic heterocycles. The SMILES string of the molecule is CCC[C@H](N)c1cn(Cc2cnc(C)s2)nn1. The molecule has 2 heterocycles. The number of nitrogens with zero attached hydrogens (tertiary/aromatic N) is 4. The lowest BCUT2D eigenvalue weighted by Crippen LogP contribution is -2.10. The third kappa shape index (κ3) is 3.10. The molecule has 0 aliphatic carbocycles. The van der Waals surface area contributed by atoms with Crippen molar-refractivity contribution in [1.82, 2.24) is 20.0 Å². The van der Waals surface area contributed by atoms with Crippen LogP contribution in [0.3, 0.4) is 0 Å². The lowest BCUT2D eigenvalue weighted by atomic mass is 10.1. The lowest BCUT2D eigenvalue weighted by molar-refractivity contribution is 0.617. The first-order valence-corrected chi connectivity index (χ1v) is 6.57. The largest absolute Gasteiger partial charge is 0.323 e. The van der Waals surface area contributed by atoms with E-state index in [0.717, 1.165) is 30.1 Å². The van der Waals surface area contributed by atoms with Gasteiger partial charge >= 0.3 is 0 Å². The van der Waals surface area contributed by atoms with Gasteiger partial charge in [0.1, 0.15) is 0 Å². The smallest absolute Gasteiger partial charge is 0.0994 e. The van der Waals surface area contributed by atoms with E-state index in [1.165, 1.54) is 4.88 Å². The van der Waals surface area contributed by atoms with Crippen molar-refractivity contribution < 1.29 is 0 Å². The van der Waals surface area contributed by atoms with Gasteiger partial charge in [-0.3, -0.25) is 0 Å². The summed E-state index contributed by atoms with van der Waals surface area (Å²) in [6.45, 7) is 4.83. The van der Waals surface area contributed by atoms with Gasteiger partial charge in [0.25, 0.3) is 0 Å². The Bertz CT molecular complexity index is 476. The van der Waals surface area contributed by atoms with Crippen LogP contribution < -0.4 is 5.73 Å². The second-order valence-electron chi connectivity index (χ2n) is 4.08. The van der Waals surface area contributed by atoms with Crippen molar-refractivity contribution in [3.05, 3.63) is 28.0 Å². The first kappa shape index (κ1) is 12.2. The molecule has 0 spiro atoms. The predicted molar refractivity (Wildman–Crippen MR) is 67.8 cm³/mol. The number of nitrogens with two attached hydrogens (primary N) is 1. The van der Waals surface area contributed by atoms with Crippen LogP contribution in [0.4, 0.5) is 0 Å². The van der Waals surface area contributed by atoms with Gasteiger partial charge in [-0.1, -0.05) is 18.6 Å². The molecule has 92 valence electrons. The van der Waals surface area contributed by atoms with Gasteiger partial charge in [-0.15, -0.1) is 16.4 Å². The fraction of sp³-hybridized carbons (Fsp3) is 0.545. The molecule has 17 heavy (non-hydrogen) atoms. The Morgan fingerprint density at radius 2 is 2.35 bits per heavy atom. The highest BCUT2D eigenvalue weighted by molar-refractivity contribution is 7.11. The first-order chi connectivity index (χ1) is 8.19. The second-order valence-corrected chi connectivity index (χ2v) is 5.40. The Kier molecular flexibility index (Phi) is 3.86. The minimum absolute atomic E-state index is 0.00283. The van der Waals surface area contributed by atoms with E-state index in [9.17, 15) is 0 Å². The minimum atomic E-state index is -0.00283. The minimum Gasteiger partial charge on any atom is -0.323 e. The van der Waals surface area contributed by atoms with Crippen molar-refractivity contribution in [3.8, 4) is 0 Å². The monoisotopic (exact) mass is 251 g/mol. The van der Waals surface area contributed by atoms with Crippen molar-refractivity contribution in [2.45, 2.75) is 39.3 Å². The van der Waals surface area contributed by atoms with E-state index in [2.05, 4.69) is 22.2 Å². The van der Waals surface area contributed by atoms with Gasteiger partial charge in [0.15, 0.2) is 0 Å². The van der Waals surface area contributed by atoms with Gasteiger partial charge in [-0.05, 0) is 13.3 Å². The molecular weight excluding hydrogens is 234 g/mol. The standard InChI is InChI=1S/C11H17N5S/c1-3-4-10(12)11-7-16(15-14-11)6-9-5-13-8(2)17-9/h5,7,10H,3-4,6,12H2,1-2H3/t10-/m0/s1. The van der Waals surface area contributed by atoms with E-state index in [-0.39, 0.29) is 6.04 Å². The van der Waals surface area contributed by atoms with E-state index in [1.807, 2.05) is 24.0 Å². The van der Waals surface area contributed by atoms with Crippen LogP contribution >= 0.6 is 11.3 Å². The zero-order chi connectivity index (χ0) is 12.3. The van der Waals surface area contributed by atoms with Gasteiger partial charge in [-0.2, -0.15) is 0 Å². The summed E-state index contributed by atoms with van der Waals surface area (Å²) < 4.78 is 1.82. The van der Waals surface area contributed by atoms with Crippen molar-refractivity contribution in [1.29, 1.82) is 0 Å². The molecule has 6 heteroatoms. The highest BCUT2D eigenvalue weighted by atomic mass is 32.1. The molecule has 0 bridgehead atoms. The maximum Gasteiger partial charge on any atom is 0.0994 e. The van der Waals surface area contributed by atoms with Crippen LogP contribution in [0.1, 0.15) is 41.4 Å². The molecule has 0 unspecified atom stereocenters. The number of aromatic nitrogens is 4.